The average Bonchev–Trinajstić information content (AvgIpc) is 3.33. The fourth-order valence-electron chi connectivity index (χ4n) is 2.75. The van der Waals surface area contributed by atoms with Crippen LogP contribution in [0, 0.1) is 0 Å². The molecule has 3 aromatic rings. The van der Waals surface area contributed by atoms with Crippen LogP contribution in [0.15, 0.2) is 36.0 Å². The van der Waals surface area contributed by atoms with Gasteiger partial charge in [-0.25, -0.2) is 9.67 Å². The summed E-state index contributed by atoms with van der Waals surface area (Å²) in [5, 5.41) is 16.6. The lowest BCUT2D eigenvalue weighted by Gasteiger charge is -2.21. The molecule has 1 fully saturated rings. The zero-order chi connectivity index (χ0) is 17.1. The predicted octanol–water partition coefficient (Wildman–Crippen LogP) is 1.97. The number of carbonyl (C=O) groups is 1. The number of hydrogen-bond donors (Lipinski definition) is 2. The van der Waals surface area contributed by atoms with Crippen LogP contribution >= 0.6 is 11.3 Å². The zero-order valence-electron chi connectivity index (χ0n) is 13.4. The van der Waals surface area contributed by atoms with Crippen LogP contribution in [0.1, 0.15) is 29.4 Å². The molecule has 9 heteroatoms. The molecule has 3 aromatic heterocycles. The molecule has 1 aliphatic heterocycles. The van der Waals surface area contributed by atoms with E-state index in [1.165, 1.54) is 11.3 Å². The Morgan fingerprint density at radius 3 is 2.96 bits per heavy atom. The van der Waals surface area contributed by atoms with Crippen molar-refractivity contribution >= 4 is 22.4 Å². The lowest BCUT2D eigenvalue weighted by atomic mass is 10.1. The van der Waals surface area contributed by atoms with E-state index in [1.54, 1.807) is 17.1 Å². The molecule has 0 bridgehead atoms. The third kappa shape index (κ3) is 3.57. The Kier molecular flexibility index (Phi) is 4.49. The molecule has 1 aliphatic rings. The van der Waals surface area contributed by atoms with E-state index in [0.29, 0.717) is 16.9 Å². The van der Waals surface area contributed by atoms with Gasteiger partial charge in [0.2, 0.25) is 0 Å². The quantitative estimate of drug-likeness (QED) is 0.743. The smallest absolute Gasteiger partial charge is 0.279 e. The Hall–Kier alpha value is -2.65. The van der Waals surface area contributed by atoms with Crippen LogP contribution < -0.4 is 10.6 Å². The van der Waals surface area contributed by atoms with Crippen molar-refractivity contribution in [3.8, 4) is 11.4 Å². The van der Waals surface area contributed by atoms with Gasteiger partial charge in [0.1, 0.15) is 5.69 Å². The number of anilines is 1. The van der Waals surface area contributed by atoms with Gasteiger partial charge in [0.15, 0.2) is 10.8 Å². The minimum absolute atomic E-state index is 0.297. The van der Waals surface area contributed by atoms with Crippen LogP contribution in [0.2, 0.25) is 0 Å². The van der Waals surface area contributed by atoms with Crippen molar-refractivity contribution in [1.82, 2.24) is 30.3 Å². The Bertz CT molecular complexity index is 854. The summed E-state index contributed by atoms with van der Waals surface area (Å²) < 4.78 is 1.79. The Morgan fingerprint density at radius 2 is 2.16 bits per heavy atom. The zero-order valence-corrected chi connectivity index (χ0v) is 14.2. The Morgan fingerprint density at radius 1 is 1.28 bits per heavy atom. The number of pyridine rings is 1. The van der Waals surface area contributed by atoms with Gasteiger partial charge >= 0.3 is 0 Å². The molecule has 0 unspecified atom stereocenters. The highest BCUT2D eigenvalue weighted by Crippen LogP contribution is 2.23. The van der Waals surface area contributed by atoms with Crippen LogP contribution in [-0.2, 0) is 0 Å². The molecular weight excluding hydrogens is 338 g/mol. The van der Waals surface area contributed by atoms with Crippen LogP contribution in [0.3, 0.4) is 0 Å². The number of rotatable bonds is 4. The van der Waals surface area contributed by atoms with Crippen molar-refractivity contribution in [2.24, 2.45) is 0 Å². The number of nitrogens with zero attached hydrogens (tertiary/aromatic N) is 5. The number of amides is 1. The lowest BCUT2D eigenvalue weighted by Crippen LogP contribution is -2.29. The summed E-state index contributed by atoms with van der Waals surface area (Å²) in [6.07, 6.45) is 5.40. The van der Waals surface area contributed by atoms with Gasteiger partial charge in [0.05, 0.1) is 17.9 Å². The fraction of sp³-hybridized carbons (Fsp3) is 0.312. The van der Waals surface area contributed by atoms with Gasteiger partial charge in [-0.1, -0.05) is 11.3 Å². The molecule has 4 rings (SSSR count). The minimum Gasteiger partial charge on any atom is -0.317 e. The van der Waals surface area contributed by atoms with E-state index in [2.05, 4.69) is 30.9 Å². The van der Waals surface area contributed by atoms with Crippen LogP contribution in [-0.4, -0.2) is 44.0 Å². The lowest BCUT2D eigenvalue weighted by molar-refractivity contribution is 0.102. The van der Waals surface area contributed by atoms with E-state index in [0.717, 1.165) is 37.3 Å². The molecule has 128 valence electrons. The van der Waals surface area contributed by atoms with Gasteiger partial charge < -0.3 is 5.32 Å². The van der Waals surface area contributed by atoms with Crippen molar-refractivity contribution in [1.29, 1.82) is 0 Å². The first kappa shape index (κ1) is 15.9. The van der Waals surface area contributed by atoms with Crippen LogP contribution in [0.4, 0.5) is 5.13 Å². The van der Waals surface area contributed by atoms with E-state index < -0.39 is 0 Å². The molecule has 1 saturated heterocycles. The molecule has 0 radical (unpaired) electrons. The number of nitrogens with one attached hydrogen (secondary N) is 2. The van der Waals surface area contributed by atoms with E-state index in [1.807, 2.05) is 23.6 Å². The first-order valence-corrected chi connectivity index (χ1v) is 8.98. The second-order valence-electron chi connectivity index (χ2n) is 5.77. The topological polar surface area (TPSA) is 97.6 Å². The highest BCUT2D eigenvalue weighted by Gasteiger charge is 2.19. The van der Waals surface area contributed by atoms with Gasteiger partial charge in [-0.2, -0.15) is 0 Å². The van der Waals surface area contributed by atoms with E-state index in [4.69, 9.17) is 0 Å². The number of thiazole rings is 1. The standard InChI is InChI=1S/C16H17N7OS/c24-15(13-9-23(22-21-13)11-4-7-17-8-5-11)20-16-19-14(10-25-16)12-3-1-2-6-18-12/h1-3,6,9-11,17H,4-5,7-8H2,(H,19,20,24). The largest absolute Gasteiger partial charge is 0.317 e. The van der Waals surface area contributed by atoms with Crippen molar-refractivity contribution < 1.29 is 4.79 Å². The van der Waals surface area contributed by atoms with E-state index >= 15 is 0 Å². The highest BCUT2D eigenvalue weighted by molar-refractivity contribution is 7.14. The van der Waals surface area contributed by atoms with E-state index in [9.17, 15) is 4.79 Å². The number of aromatic nitrogens is 5. The highest BCUT2D eigenvalue weighted by atomic mass is 32.1. The van der Waals surface area contributed by atoms with Crippen LogP contribution in [0.25, 0.3) is 11.4 Å². The monoisotopic (exact) mass is 355 g/mol. The van der Waals surface area contributed by atoms with Crippen molar-refractivity contribution in [3.63, 3.8) is 0 Å². The Balaban J connectivity index is 1.44. The molecule has 0 aromatic carbocycles. The third-order valence-corrected chi connectivity index (χ3v) is 4.84. The molecule has 1 amide bonds. The maximum atomic E-state index is 12.4. The summed E-state index contributed by atoms with van der Waals surface area (Å²) in [6, 6.07) is 5.93. The van der Waals surface area contributed by atoms with Gasteiger partial charge in [-0.15, -0.1) is 16.4 Å². The molecule has 2 N–H and O–H groups in total. The van der Waals surface area contributed by atoms with Gasteiger partial charge in [0, 0.05) is 11.6 Å². The average molecular weight is 355 g/mol. The first-order valence-electron chi connectivity index (χ1n) is 8.10. The number of piperidine rings is 1. The normalized spacial score (nSPS) is 15.2. The maximum absolute atomic E-state index is 12.4. The van der Waals surface area contributed by atoms with Crippen molar-refractivity contribution in [2.45, 2.75) is 18.9 Å². The molecule has 0 spiro atoms. The summed E-state index contributed by atoms with van der Waals surface area (Å²) in [4.78, 5) is 21.0. The summed E-state index contributed by atoms with van der Waals surface area (Å²) in [5.74, 6) is -0.304. The van der Waals surface area contributed by atoms with Crippen molar-refractivity contribution in [3.05, 3.63) is 41.7 Å². The third-order valence-electron chi connectivity index (χ3n) is 4.08. The number of hydrogen-bond acceptors (Lipinski definition) is 7. The first-order chi connectivity index (χ1) is 12.3. The van der Waals surface area contributed by atoms with Crippen LogP contribution in [0.5, 0.6) is 0 Å². The van der Waals surface area contributed by atoms with Crippen molar-refractivity contribution in [2.75, 3.05) is 18.4 Å². The van der Waals surface area contributed by atoms with Gasteiger partial charge in [-0.3, -0.25) is 15.1 Å². The van der Waals surface area contributed by atoms with Gasteiger partial charge in [-0.05, 0) is 38.1 Å². The van der Waals surface area contributed by atoms with Gasteiger partial charge in [0.25, 0.3) is 5.91 Å². The molecule has 0 atom stereocenters. The number of carbonyl (C=O) groups excluding carboxylic acids is 1. The summed E-state index contributed by atoms with van der Waals surface area (Å²) in [6.45, 7) is 1.92. The predicted molar refractivity (Wildman–Crippen MR) is 94.5 cm³/mol. The molecule has 8 nitrogen and oxygen atoms in total. The summed E-state index contributed by atoms with van der Waals surface area (Å²) in [5.41, 5.74) is 1.81. The molecule has 25 heavy (non-hydrogen) atoms. The molecule has 0 aliphatic carbocycles. The fourth-order valence-corrected chi connectivity index (χ4v) is 3.45. The molecular formula is C16H17N7OS. The second-order valence-corrected chi connectivity index (χ2v) is 6.63. The second kappa shape index (κ2) is 7.08. The molecule has 4 heterocycles. The Labute approximate surface area is 148 Å². The molecule has 0 saturated carbocycles. The SMILES string of the molecule is O=C(Nc1nc(-c2ccccn2)cs1)c1cn(C2CCNCC2)nn1. The minimum atomic E-state index is -0.304. The van der Waals surface area contributed by atoms with E-state index in [-0.39, 0.29) is 5.91 Å². The summed E-state index contributed by atoms with van der Waals surface area (Å²) in [7, 11) is 0. The maximum Gasteiger partial charge on any atom is 0.279 e. The summed E-state index contributed by atoms with van der Waals surface area (Å²) >= 11 is 1.36.